The van der Waals surface area contributed by atoms with Crippen molar-refractivity contribution in [2.75, 3.05) is 19.6 Å². The minimum atomic E-state index is -0.404. The molecule has 0 spiro atoms. The lowest BCUT2D eigenvalue weighted by Crippen LogP contribution is -2.53. The first-order valence-corrected chi connectivity index (χ1v) is 6.14. The lowest BCUT2D eigenvalue weighted by Gasteiger charge is -2.32. The van der Waals surface area contributed by atoms with E-state index in [1.807, 2.05) is 6.07 Å². The van der Waals surface area contributed by atoms with Crippen molar-refractivity contribution in [3.63, 3.8) is 0 Å². The van der Waals surface area contributed by atoms with E-state index >= 15 is 0 Å². The number of hydrogen-bond acceptors (Lipinski definition) is 4. The summed E-state index contributed by atoms with van der Waals surface area (Å²) in [4.78, 5) is 14.1. The van der Waals surface area contributed by atoms with Gasteiger partial charge in [-0.05, 0) is 12.1 Å². The lowest BCUT2D eigenvalue weighted by molar-refractivity contribution is 0.0687. The molecule has 6 heteroatoms. The van der Waals surface area contributed by atoms with Gasteiger partial charge in [0.1, 0.15) is 6.04 Å². The van der Waals surface area contributed by atoms with Gasteiger partial charge >= 0.3 is 0 Å². The number of fused-ring (bicyclic) bond motifs is 1. The van der Waals surface area contributed by atoms with Gasteiger partial charge in [0.2, 0.25) is 0 Å². The van der Waals surface area contributed by atoms with Crippen LogP contribution >= 0.6 is 0 Å². The number of rotatable bonds is 1. The summed E-state index contributed by atoms with van der Waals surface area (Å²) < 4.78 is 0. The van der Waals surface area contributed by atoms with Gasteiger partial charge < -0.3 is 10.2 Å². The monoisotopic (exact) mass is 255 g/mol. The first kappa shape index (κ1) is 11.7. The van der Waals surface area contributed by atoms with E-state index in [9.17, 15) is 4.79 Å². The maximum atomic E-state index is 12.4. The second kappa shape index (κ2) is 4.71. The van der Waals surface area contributed by atoms with E-state index in [-0.39, 0.29) is 5.91 Å². The van der Waals surface area contributed by atoms with Crippen LogP contribution in [0.5, 0.6) is 0 Å². The number of aromatic nitrogens is 2. The molecule has 1 unspecified atom stereocenters. The van der Waals surface area contributed by atoms with Crippen LogP contribution in [0, 0.1) is 11.3 Å². The predicted molar refractivity (Wildman–Crippen MR) is 69.4 cm³/mol. The minimum Gasteiger partial charge on any atom is -0.320 e. The average Bonchev–Trinajstić information content (AvgIpc) is 2.93. The molecule has 1 fully saturated rings. The zero-order chi connectivity index (χ0) is 13.2. The van der Waals surface area contributed by atoms with Crippen LogP contribution in [0.1, 0.15) is 10.4 Å². The van der Waals surface area contributed by atoms with Gasteiger partial charge in [0.25, 0.3) is 5.91 Å². The van der Waals surface area contributed by atoms with Gasteiger partial charge in [0.05, 0.1) is 17.8 Å². The first-order chi connectivity index (χ1) is 9.29. The Kier molecular flexibility index (Phi) is 2.89. The zero-order valence-electron chi connectivity index (χ0n) is 10.3. The van der Waals surface area contributed by atoms with Gasteiger partial charge in [0.15, 0.2) is 0 Å². The summed E-state index contributed by atoms with van der Waals surface area (Å²) in [6, 6.07) is 7.17. The van der Waals surface area contributed by atoms with E-state index in [0.717, 1.165) is 17.4 Å². The van der Waals surface area contributed by atoms with Crippen LogP contribution in [0.4, 0.5) is 0 Å². The molecule has 19 heavy (non-hydrogen) atoms. The van der Waals surface area contributed by atoms with Gasteiger partial charge in [-0.25, -0.2) is 0 Å². The Labute approximate surface area is 110 Å². The quantitative estimate of drug-likeness (QED) is 0.777. The molecule has 1 aromatic carbocycles. The SMILES string of the molecule is N#CC1CNCCN1C(=O)c1ccc2cn[nH]c2c1. The first-order valence-electron chi connectivity index (χ1n) is 6.14. The summed E-state index contributed by atoms with van der Waals surface area (Å²) in [5, 5.41) is 20.0. The maximum Gasteiger partial charge on any atom is 0.255 e. The van der Waals surface area contributed by atoms with E-state index in [1.165, 1.54) is 0 Å². The predicted octanol–water partition coefficient (Wildman–Crippen LogP) is 0.500. The van der Waals surface area contributed by atoms with E-state index in [4.69, 9.17) is 5.26 Å². The molecular weight excluding hydrogens is 242 g/mol. The normalized spacial score (nSPS) is 19.3. The standard InChI is InChI=1S/C13H13N5O/c14-6-11-8-15-3-4-18(11)13(19)9-1-2-10-7-16-17-12(10)5-9/h1-2,5,7,11,15H,3-4,8H2,(H,16,17). The number of nitriles is 1. The van der Waals surface area contributed by atoms with Crippen LogP contribution in [0.3, 0.4) is 0 Å². The highest BCUT2D eigenvalue weighted by Gasteiger charge is 2.27. The largest absolute Gasteiger partial charge is 0.320 e. The number of nitrogens with one attached hydrogen (secondary N) is 2. The molecule has 1 aromatic heterocycles. The summed E-state index contributed by atoms with van der Waals surface area (Å²) in [6.45, 7) is 1.79. The number of carbonyl (C=O) groups is 1. The van der Waals surface area contributed by atoms with E-state index in [1.54, 1.807) is 23.2 Å². The van der Waals surface area contributed by atoms with Crippen LogP contribution in [0.25, 0.3) is 10.9 Å². The highest BCUT2D eigenvalue weighted by Crippen LogP contribution is 2.16. The lowest BCUT2D eigenvalue weighted by atomic mass is 10.1. The molecule has 0 aliphatic carbocycles. The number of H-pyrrole nitrogens is 1. The van der Waals surface area contributed by atoms with Crippen molar-refractivity contribution in [1.82, 2.24) is 20.4 Å². The molecule has 0 radical (unpaired) electrons. The van der Waals surface area contributed by atoms with Crippen molar-refractivity contribution in [2.24, 2.45) is 0 Å². The average molecular weight is 255 g/mol. The Morgan fingerprint density at radius 3 is 3.26 bits per heavy atom. The van der Waals surface area contributed by atoms with Gasteiger partial charge in [-0.15, -0.1) is 0 Å². The second-order valence-electron chi connectivity index (χ2n) is 4.52. The van der Waals surface area contributed by atoms with Crippen LogP contribution in [0.15, 0.2) is 24.4 Å². The van der Waals surface area contributed by atoms with E-state index in [0.29, 0.717) is 18.7 Å². The molecular formula is C13H13N5O. The molecule has 0 saturated carbocycles. The summed E-state index contributed by atoms with van der Waals surface area (Å²) in [5.74, 6) is -0.107. The molecule has 2 N–H and O–H groups in total. The fourth-order valence-electron chi connectivity index (χ4n) is 2.30. The Balaban J connectivity index is 1.91. The van der Waals surface area contributed by atoms with Crippen molar-refractivity contribution in [1.29, 1.82) is 5.26 Å². The number of carbonyl (C=O) groups excluding carboxylic acids is 1. The van der Waals surface area contributed by atoms with Crippen molar-refractivity contribution in [3.05, 3.63) is 30.0 Å². The molecule has 1 atom stereocenters. The number of piperazine rings is 1. The third-order valence-electron chi connectivity index (χ3n) is 3.34. The molecule has 2 heterocycles. The summed E-state index contributed by atoms with van der Waals surface area (Å²) in [7, 11) is 0. The summed E-state index contributed by atoms with van der Waals surface area (Å²) in [5.41, 5.74) is 1.41. The minimum absolute atomic E-state index is 0.107. The number of benzene rings is 1. The number of aromatic amines is 1. The van der Waals surface area contributed by atoms with Crippen molar-refractivity contribution >= 4 is 16.8 Å². The third-order valence-corrected chi connectivity index (χ3v) is 3.34. The highest BCUT2D eigenvalue weighted by atomic mass is 16.2. The Hall–Kier alpha value is -2.39. The molecule has 1 aliphatic rings. The smallest absolute Gasteiger partial charge is 0.255 e. The molecule has 1 aliphatic heterocycles. The van der Waals surface area contributed by atoms with Crippen LogP contribution < -0.4 is 5.32 Å². The van der Waals surface area contributed by atoms with Crippen LogP contribution in [0.2, 0.25) is 0 Å². The fraction of sp³-hybridized carbons (Fsp3) is 0.308. The molecule has 3 rings (SSSR count). The molecule has 6 nitrogen and oxygen atoms in total. The van der Waals surface area contributed by atoms with Crippen molar-refractivity contribution < 1.29 is 4.79 Å². The summed E-state index contributed by atoms with van der Waals surface area (Å²) in [6.07, 6.45) is 1.71. The van der Waals surface area contributed by atoms with Crippen molar-refractivity contribution in [2.45, 2.75) is 6.04 Å². The highest BCUT2D eigenvalue weighted by molar-refractivity contribution is 5.98. The fourth-order valence-corrected chi connectivity index (χ4v) is 2.30. The Morgan fingerprint density at radius 2 is 2.42 bits per heavy atom. The molecule has 2 aromatic rings. The van der Waals surface area contributed by atoms with Gasteiger partial charge in [0, 0.05) is 30.6 Å². The maximum absolute atomic E-state index is 12.4. The Bertz CT molecular complexity index is 656. The van der Waals surface area contributed by atoms with E-state index < -0.39 is 6.04 Å². The Morgan fingerprint density at radius 1 is 1.53 bits per heavy atom. The number of nitrogens with zero attached hydrogens (tertiary/aromatic N) is 3. The van der Waals surface area contributed by atoms with Crippen molar-refractivity contribution in [3.8, 4) is 6.07 Å². The summed E-state index contributed by atoms with van der Waals surface area (Å²) >= 11 is 0. The molecule has 0 bridgehead atoms. The van der Waals surface area contributed by atoms with Gasteiger partial charge in [-0.2, -0.15) is 10.4 Å². The molecule has 1 amide bonds. The van der Waals surface area contributed by atoms with Crippen LogP contribution in [-0.2, 0) is 0 Å². The molecule has 1 saturated heterocycles. The number of amides is 1. The molecule has 96 valence electrons. The van der Waals surface area contributed by atoms with Crippen LogP contribution in [-0.4, -0.2) is 46.7 Å². The zero-order valence-corrected chi connectivity index (χ0v) is 10.3. The third kappa shape index (κ3) is 2.04. The van der Waals surface area contributed by atoms with Gasteiger partial charge in [-0.3, -0.25) is 9.89 Å². The topological polar surface area (TPSA) is 84.8 Å². The van der Waals surface area contributed by atoms with E-state index in [2.05, 4.69) is 21.6 Å². The second-order valence-corrected chi connectivity index (χ2v) is 4.52. The van der Waals surface area contributed by atoms with Gasteiger partial charge in [-0.1, -0.05) is 6.07 Å². The number of hydrogen-bond donors (Lipinski definition) is 2.